The van der Waals surface area contributed by atoms with Gasteiger partial charge in [-0.1, -0.05) is 18.2 Å². The zero-order valence-electron chi connectivity index (χ0n) is 10.4. The highest BCUT2D eigenvalue weighted by molar-refractivity contribution is 14.1. The number of hydrogen-bond acceptors (Lipinski definition) is 2. The summed E-state index contributed by atoms with van der Waals surface area (Å²) >= 11 is 2.27. The lowest BCUT2D eigenvalue weighted by atomic mass is 10.1. The molecule has 96 valence electrons. The van der Waals surface area contributed by atoms with Crippen molar-refractivity contribution in [2.45, 2.75) is 6.92 Å². The van der Waals surface area contributed by atoms with Gasteiger partial charge in [-0.3, -0.25) is 9.79 Å². The van der Waals surface area contributed by atoms with Crippen molar-refractivity contribution in [3.63, 3.8) is 0 Å². The lowest BCUT2D eigenvalue weighted by Crippen LogP contribution is -2.10. The van der Waals surface area contributed by atoms with Crippen LogP contribution in [0.3, 0.4) is 0 Å². The molecule has 0 bridgehead atoms. The number of carbonyl (C=O) groups excluding carboxylic acids is 1. The van der Waals surface area contributed by atoms with Crippen LogP contribution in [0.15, 0.2) is 47.5 Å². The number of rotatable bonds is 3. The molecule has 0 saturated heterocycles. The molecule has 0 aliphatic rings. The third-order valence-corrected chi connectivity index (χ3v) is 3.42. The molecule has 2 rings (SSSR count). The third kappa shape index (κ3) is 3.41. The van der Waals surface area contributed by atoms with E-state index in [4.69, 9.17) is 5.73 Å². The van der Waals surface area contributed by atoms with Crippen LogP contribution in [0.4, 0.5) is 5.69 Å². The highest BCUT2D eigenvalue weighted by atomic mass is 127. The average Bonchev–Trinajstić information content (AvgIpc) is 2.38. The van der Waals surface area contributed by atoms with E-state index in [2.05, 4.69) is 33.6 Å². The normalized spacial score (nSPS) is 10.8. The highest BCUT2D eigenvalue weighted by Gasteiger charge is 2.05. The predicted molar refractivity (Wildman–Crippen MR) is 86.1 cm³/mol. The van der Waals surface area contributed by atoms with Crippen LogP contribution in [0.5, 0.6) is 0 Å². The van der Waals surface area contributed by atoms with Gasteiger partial charge in [0.05, 0.1) is 11.3 Å². The van der Waals surface area contributed by atoms with Crippen molar-refractivity contribution in [1.29, 1.82) is 0 Å². The van der Waals surface area contributed by atoms with Crippen LogP contribution in [0.1, 0.15) is 21.5 Å². The summed E-state index contributed by atoms with van der Waals surface area (Å²) in [6, 6.07) is 13.2. The summed E-state index contributed by atoms with van der Waals surface area (Å²) in [6.07, 6.45) is 1.76. The maximum Gasteiger partial charge on any atom is 0.250 e. The Labute approximate surface area is 125 Å². The van der Waals surface area contributed by atoms with Gasteiger partial charge in [0.2, 0.25) is 0 Å². The molecule has 0 heterocycles. The number of primary amides is 1. The summed E-state index contributed by atoms with van der Waals surface area (Å²) in [5, 5.41) is 0. The number of hydrogen-bond donors (Lipinski definition) is 1. The largest absolute Gasteiger partial charge is 0.366 e. The molecule has 0 aromatic heterocycles. The van der Waals surface area contributed by atoms with Crippen LogP contribution < -0.4 is 5.73 Å². The summed E-state index contributed by atoms with van der Waals surface area (Å²) in [5.74, 6) is -0.466. The van der Waals surface area contributed by atoms with E-state index in [0.29, 0.717) is 11.3 Å². The van der Waals surface area contributed by atoms with Crippen molar-refractivity contribution in [2.24, 2.45) is 10.7 Å². The van der Waals surface area contributed by atoms with E-state index < -0.39 is 5.91 Å². The number of carbonyl (C=O) groups is 1. The Balaban J connectivity index is 2.35. The van der Waals surface area contributed by atoms with Gasteiger partial charge in [-0.15, -0.1) is 0 Å². The van der Waals surface area contributed by atoms with Crippen LogP contribution in [-0.4, -0.2) is 12.1 Å². The number of benzene rings is 2. The maximum atomic E-state index is 11.3. The number of aliphatic imine (C=N–C) groups is 1. The first-order valence-electron chi connectivity index (χ1n) is 5.77. The van der Waals surface area contributed by atoms with E-state index in [1.54, 1.807) is 24.4 Å². The Bertz CT molecular complexity index is 650. The molecule has 0 radical (unpaired) electrons. The molecule has 0 spiro atoms. The molecule has 0 saturated carbocycles. The second-order valence-electron chi connectivity index (χ2n) is 4.14. The molecular formula is C15H13IN2O. The smallest absolute Gasteiger partial charge is 0.250 e. The van der Waals surface area contributed by atoms with E-state index in [9.17, 15) is 4.79 Å². The quantitative estimate of drug-likeness (QED) is 0.658. The highest BCUT2D eigenvalue weighted by Crippen LogP contribution is 2.19. The minimum atomic E-state index is -0.466. The molecule has 0 unspecified atom stereocenters. The number of nitrogens with two attached hydrogens (primary N) is 1. The lowest BCUT2D eigenvalue weighted by molar-refractivity contribution is 0.100. The van der Waals surface area contributed by atoms with Gasteiger partial charge in [0.1, 0.15) is 0 Å². The lowest BCUT2D eigenvalue weighted by Gasteiger charge is -2.02. The molecule has 2 aromatic rings. The Morgan fingerprint density at radius 2 is 2.00 bits per heavy atom. The second-order valence-corrected chi connectivity index (χ2v) is 5.39. The minimum Gasteiger partial charge on any atom is -0.366 e. The molecule has 3 nitrogen and oxygen atoms in total. The monoisotopic (exact) mass is 364 g/mol. The summed E-state index contributed by atoms with van der Waals surface area (Å²) < 4.78 is 1.18. The van der Waals surface area contributed by atoms with Gasteiger partial charge in [0, 0.05) is 9.78 Å². The summed E-state index contributed by atoms with van der Waals surface area (Å²) in [5.41, 5.74) is 8.52. The van der Waals surface area contributed by atoms with Crippen LogP contribution in [0.2, 0.25) is 0 Å². The molecule has 19 heavy (non-hydrogen) atoms. The first kappa shape index (κ1) is 13.7. The molecule has 0 aliphatic heterocycles. The molecule has 0 atom stereocenters. The average molecular weight is 364 g/mol. The summed E-state index contributed by atoms with van der Waals surface area (Å²) in [6.45, 7) is 2.03. The van der Waals surface area contributed by atoms with Crippen molar-refractivity contribution >= 4 is 40.4 Å². The van der Waals surface area contributed by atoms with Gasteiger partial charge in [-0.05, 0) is 64.9 Å². The molecular weight excluding hydrogens is 351 g/mol. The van der Waals surface area contributed by atoms with Gasteiger partial charge in [-0.25, -0.2) is 0 Å². The number of aryl methyl sites for hydroxylation is 1. The molecule has 0 fully saturated rings. The topological polar surface area (TPSA) is 55.4 Å². The van der Waals surface area contributed by atoms with Crippen LogP contribution in [-0.2, 0) is 0 Å². The van der Waals surface area contributed by atoms with Gasteiger partial charge >= 0.3 is 0 Å². The molecule has 2 aromatic carbocycles. The van der Waals surface area contributed by atoms with Gasteiger partial charge in [0.25, 0.3) is 5.91 Å². The van der Waals surface area contributed by atoms with Crippen molar-refractivity contribution in [1.82, 2.24) is 0 Å². The molecule has 2 N–H and O–H groups in total. The van der Waals surface area contributed by atoms with E-state index >= 15 is 0 Å². The zero-order chi connectivity index (χ0) is 13.8. The van der Waals surface area contributed by atoms with Crippen molar-refractivity contribution in [3.8, 4) is 0 Å². The van der Waals surface area contributed by atoms with Crippen LogP contribution in [0, 0.1) is 10.5 Å². The van der Waals surface area contributed by atoms with Crippen LogP contribution in [0.25, 0.3) is 0 Å². The summed E-state index contributed by atoms with van der Waals surface area (Å²) in [4.78, 5) is 15.7. The Hall–Kier alpha value is -1.69. The minimum absolute atomic E-state index is 0.432. The fourth-order valence-corrected chi connectivity index (χ4v) is 2.36. The zero-order valence-corrected chi connectivity index (χ0v) is 12.6. The van der Waals surface area contributed by atoms with Gasteiger partial charge in [0.15, 0.2) is 0 Å². The Morgan fingerprint density at radius 1 is 1.26 bits per heavy atom. The number of halogens is 1. The Morgan fingerprint density at radius 3 is 2.68 bits per heavy atom. The molecule has 4 heteroatoms. The fourth-order valence-electron chi connectivity index (χ4n) is 1.72. The van der Waals surface area contributed by atoms with E-state index in [1.165, 1.54) is 3.57 Å². The van der Waals surface area contributed by atoms with E-state index in [-0.39, 0.29) is 0 Å². The van der Waals surface area contributed by atoms with E-state index in [1.807, 2.05) is 25.1 Å². The van der Waals surface area contributed by atoms with Crippen molar-refractivity contribution in [3.05, 3.63) is 62.7 Å². The maximum absolute atomic E-state index is 11.3. The standard InChI is InChI=1S/C15H13IN2O/c1-10-8-12(16)7-6-11(10)9-18-14-5-3-2-4-13(14)15(17)19/h2-9H,1H3,(H2,17,19)/b18-9+. The third-order valence-electron chi connectivity index (χ3n) is 2.74. The van der Waals surface area contributed by atoms with Crippen LogP contribution >= 0.6 is 22.6 Å². The second kappa shape index (κ2) is 5.97. The Kier molecular flexibility index (Phi) is 4.31. The number of amides is 1. The van der Waals surface area contributed by atoms with Gasteiger partial charge < -0.3 is 5.73 Å². The fraction of sp³-hybridized carbons (Fsp3) is 0.0667. The first-order chi connectivity index (χ1) is 9.08. The first-order valence-corrected chi connectivity index (χ1v) is 6.85. The van der Waals surface area contributed by atoms with Crippen molar-refractivity contribution < 1.29 is 4.79 Å². The predicted octanol–water partition coefficient (Wildman–Crippen LogP) is 3.45. The van der Waals surface area contributed by atoms with Gasteiger partial charge in [-0.2, -0.15) is 0 Å². The van der Waals surface area contributed by atoms with Crippen molar-refractivity contribution in [2.75, 3.05) is 0 Å². The SMILES string of the molecule is Cc1cc(I)ccc1/C=N/c1ccccc1C(N)=O. The number of nitrogens with zero attached hydrogens (tertiary/aromatic N) is 1. The molecule has 1 amide bonds. The number of para-hydroxylation sites is 1. The van der Waals surface area contributed by atoms with E-state index in [0.717, 1.165) is 11.1 Å². The molecule has 0 aliphatic carbocycles. The summed E-state index contributed by atoms with van der Waals surface area (Å²) in [7, 11) is 0.